The molecule has 2 heterocycles. The summed E-state index contributed by atoms with van der Waals surface area (Å²) in [5, 5.41) is 7.73. The molecule has 0 saturated heterocycles. The molecule has 55 heavy (non-hydrogen) atoms. The molecule has 0 N–H and O–H groups in total. The van der Waals surface area contributed by atoms with Crippen LogP contribution in [0.1, 0.15) is 0 Å². The van der Waals surface area contributed by atoms with E-state index >= 15 is 0 Å². The maximum Gasteiger partial charge on any atom is 0.0547 e. The molecule has 0 atom stereocenters. The Bertz CT molecular complexity index is 3190. The summed E-state index contributed by atoms with van der Waals surface area (Å²) >= 11 is 1.86. The van der Waals surface area contributed by atoms with Crippen LogP contribution >= 0.6 is 11.3 Å². The third kappa shape index (κ3) is 5.24. The maximum absolute atomic E-state index is 2.41. The van der Waals surface area contributed by atoms with Crippen LogP contribution in [0.3, 0.4) is 0 Å². The van der Waals surface area contributed by atoms with E-state index in [0.717, 1.165) is 22.7 Å². The van der Waals surface area contributed by atoms with Gasteiger partial charge in [0.25, 0.3) is 0 Å². The van der Waals surface area contributed by atoms with Gasteiger partial charge in [-0.2, -0.15) is 0 Å². The molecule has 2 nitrogen and oxygen atoms in total. The molecule has 0 aliphatic heterocycles. The first-order valence-electron chi connectivity index (χ1n) is 18.8. The van der Waals surface area contributed by atoms with Gasteiger partial charge in [0.05, 0.1) is 11.0 Å². The molecule has 0 bridgehead atoms. The maximum atomic E-state index is 2.41. The van der Waals surface area contributed by atoms with Crippen LogP contribution in [0.4, 0.5) is 17.1 Å². The van der Waals surface area contributed by atoms with Crippen LogP contribution < -0.4 is 4.90 Å². The van der Waals surface area contributed by atoms with Crippen molar-refractivity contribution >= 4 is 81.1 Å². The Morgan fingerprint density at radius 1 is 0.364 bits per heavy atom. The smallest absolute Gasteiger partial charge is 0.0547 e. The van der Waals surface area contributed by atoms with Gasteiger partial charge in [-0.1, -0.05) is 133 Å². The molecule has 0 spiro atoms. The molecular formula is C52H34N2S. The Hall–Kier alpha value is -6.94. The second kappa shape index (κ2) is 12.9. The fourth-order valence-corrected chi connectivity index (χ4v) is 9.61. The van der Waals surface area contributed by atoms with E-state index < -0.39 is 0 Å². The Morgan fingerprint density at radius 2 is 1.00 bits per heavy atom. The molecule has 0 unspecified atom stereocenters. The lowest BCUT2D eigenvalue weighted by atomic mass is 9.98. The summed E-state index contributed by atoms with van der Waals surface area (Å²) in [7, 11) is 0. The van der Waals surface area contributed by atoms with Crippen LogP contribution in [-0.4, -0.2) is 4.57 Å². The van der Waals surface area contributed by atoms with Gasteiger partial charge >= 0.3 is 0 Å². The van der Waals surface area contributed by atoms with Gasteiger partial charge in [-0.3, -0.25) is 0 Å². The summed E-state index contributed by atoms with van der Waals surface area (Å²) < 4.78 is 5.04. The monoisotopic (exact) mass is 718 g/mol. The standard InChI is InChI=1S/C52H34N2S/c1-2-12-35(13-3-1)36-24-27-39(28-25-36)53(42-16-10-15-38(34-42)44-20-11-23-50-52(44)46-19-7-9-22-49(46)55-50)40-29-31-41(32-30-40)54-47-21-8-6-18-45(47)51-43-17-5-4-14-37(43)26-33-48(51)54/h1-34H. The highest BCUT2D eigenvalue weighted by molar-refractivity contribution is 7.25. The number of para-hydroxylation sites is 1. The number of thiophene rings is 1. The van der Waals surface area contributed by atoms with Gasteiger partial charge in [0, 0.05) is 53.7 Å². The van der Waals surface area contributed by atoms with E-state index in [-0.39, 0.29) is 0 Å². The molecule has 0 aliphatic carbocycles. The fraction of sp³-hybridized carbons (Fsp3) is 0. The molecule has 0 aliphatic rings. The highest BCUT2D eigenvalue weighted by Gasteiger charge is 2.18. The van der Waals surface area contributed by atoms with Crippen molar-refractivity contribution in [1.29, 1.82) is 0 Å². The zero-order valence-corrected chi connectivity index (χ0v) is 30.7. The van der Waals surface area contributed by atoms with Crippen molar-refractivity contribution in [2.75, 3.05) is 4.90 Å². The van der Waals surface area contributed by atoms with E-state index in [0.29, 0.717) is 0 Å². The number of fused-ring (bicyclic) bond motifs is 8. The van der Waals surface area contributed by atoms with Crippen molar-refractivity contribution in [3.05, 3.63) is 206 Å². The van der Waals surface area contributed by atoms with Gasteiger partial charge in [0.1, 0.15) is 0 Å². The minimum absolute atomic E-state index is 1.10. The van der Waals surface area contributed by atoms with Crippen LogP contribution in [0.5, 0.6) is 0 Å². The lowest BCUT2D eigenvalue weighted by Crippen LogP contribution is -2.10. The molecule has 0 amide bonds. The molecule has 0 saturated carbocycles. The summed E-state index contributed by atoms with van der Waals surface area (Å²) in [5.74, 6) is 0. The summed E-state index contributed by atoms with van der Waals surface area (Å²) in [5.41, 5.74) is 11.7. The Labute approximate surface area is 323 Å². The van der Waals surface area contributed by atoms with Gasteiger partial charge in [0.2, 0.25) is 0 Å². The summed E-state index contributed by atoms with van der Waals surface area (Å²) in [4.78, 5) is 2.38. The summed E-state index contributed by atoms with van der Waals surface area (Å²) in [6.45, 7) is 0. The van der Waals surface area contributed by atoms with Crippen LogP contribution in [0.15, 0.2) is 206 Å². The SMILES string of the molecule is c1ccc(-c2ccc(N(c3ccc(-n4c5ccccc5c5c6ccccc6ccc54)cc3)c3cccc(-c4cccc5sc6ccccc6c45)c3)cc2)cc1. The predicted molar refractivity (Wildman–Crippen MR) is 237 cm³/mol. The van der Waals surface area contributed by atoms with Gasteiger partial charge in [-0.15, -0.1) is 11.3 Å². The molecular weight excluding hydrogens is 685 g/mol. The molecule has 2 aromatic heterocycles. The van der Waals surface area contributed by atoms with E-state index in [9.17, 15) is 0 Å². The number of anilines is 3. The minimum Gasteiger partial charge on any atom is -0.310 e. The highest BCUT2D eigenvalue weighted by Crippen LogP contribution is 2.43. The van der Waals surface area contributed by atoms with Crippen molar-refractivity contribution < 1.29 is 0 Å². The average molecular weight is 719 g/mol. The van der Waals surface area contributed by atoms with Gasteiger partial charge in [0.15, 0.2) is 0 Å². The molecule has 0 fully saturated rings. The van der Waals surface area contributed by atoms with Crippen LogP contribution in [-0.2, 0) is 0 Å². The highest BCUT2D eigenvalue weighted by atomic mass is 32.1. The van der Waals surface area contributed by atoms with E-state index in [1.807, 2.05) is 11.3 Å². The number of aromatic nitrogens is 1. The Balaban J connectivity index is 1.06. The molecule has 11 rings (SSSR count). The molecule has 3 heteroatoms. The molecule has 0 radical (unpaired) electrons. The largest absolute Gasteiger partial charge is 0.310 e. The van der Waals surface area contributed by atoms with Crippen molar-refractivity contribution in [2.24, 2.45) is 0 Å². The van der Waals surface area contributed by atoms with Crippen molar-refractivity contribution in [1.82, 2.24) is 4.57 Å². The van der Waals surface area contributed by atoms with Crippen molar-refractivity contribution in [3.8, 4) is 27.9 Å². The molecule has 258 valence electrons. The van der Waals surface area contributed by atoms with Gasteiger partial charge < -0.3 is 9.47 Å². The average Bonchev–Trinajstić information content (AvgIpc) is 3.81. The van der Waals surface area contributed by atoms with Gasteiger partial charge in [-0.25, -0.2) is 0 Å². The predicted octanol–water partition coefficient (Wildman–Crippen LogP) is 15.1. The number of hydrogen-bond acceptors (Lipinski definition) is 2. The van der Waals surface area contributed by atoms with E-state index in [1.165, 1.54) is 75.0 Å². The second-order valence-corrected chi connectivity index (χ2v) is 15.2. The van der Waals surface area contributed by atoms with Crippen molar-refractivity contribution in [3.63, 3.8) is 0 Å². The van der Waals surface area contributed by atoms with Crippen LogP contribution in [0.25, 0.3) is 80.7 Å². The number of rotatable bonds is 6. The Kier molecular flexibility index (Phi) is 7.39. The number of benzene rings is 9. The summed E-state index contributed by atoms with van der Waals surface area (Å²) in [6.07, 6.45) is 0. The lowest BCUT2D eigenvalue weighted by Gasteiger charge is -2.26. The first kappa shape index (κ1) is 31.6. The zero-order chi connectivity index (χ0) is 36.3. The van der Waals surface area contributed by atoms with E-state index in [2.05, 4.69) is 216 Å². The first-order valence-corrected chi connectivity index (χ1v) is 19.6. The van der Waals surface area contributed by atoms with Gasteiger partial charge in [-0.05, 0) is 106 Å². The third-order valence-corrected chi connectivity index (χ3v) is 12.1. The lowest BCUT2D eigenvalue weighted by molar-refractivity contribution is 1.17. The Morgan fingerprint density at radius 3 is 1.84 bits per heavy atom. The summed E-state index contributed by atoms with van der Waals surface area (Å²) in [6, 6.07) is 75.1. The second-order valence-electron chi connectivity index (χ2n) is 14.1. The first-order chi connectivity index (χ1) is 27.3. The topological polar surface area (TPSA) is 8.17 Å². The van der Waals surface area contributed by atoms with Crippen LogP contribution in [0, 0.1) is 0 Å². The third-order valence-electron chi connectivity index (χ3n) is 11.0. The normalized spacial score (nSPS) is 11.6. The quantitative estimate of drug-likeness (QED) is 0.166. The van der Waals surface area contributed by atoms with Crippen molar-refractivity contribution in [2.45, 2.75) is 0 Å². The fourth-order valence-electron chi connectivity index (χ4n) is 8.48. The molecule has 11 aromatic rings. The van der Waals surface area contributed by atoms with Crippen LogP contribution in [0.2, 0.25) is 0 Å². The number of nitrogens with zero attached hydrogens (tertiary/aromatic N) is 2. The van der Waals surface area contributed by atoms with E-state index in [1.54, 1.807) is 0 Å². The zero-order valence-electron chi connectivity index (χ0n) is 29.9. The molecule has 9 aromatic carbocycles. The number of hydrogen-bond donors (Lipinski definition) is 0. The van der Waals surface area contributed by atoms with E-state index in [4.69, 9.17) is 0 Å². The minimum atomic E-state index is 1.10.